The number of carbonyl (C=O) groups is 2. The number of hydrogen-bond donors (Lipinski definition) is 2. The van der Waals surface area contributed by atoms with Crippen LogP contribution in [-0.4, -0.2) is 41.4 Å². The highest BCUT2D eigenvalue weighted by atomic mass is 16.2. The summed E-state index contributed by atoms with van der Waals surface area (Å²) in [7, 11) is 0. The first-order valence-electron chi connectivity index (χ1n) is 5.44. The highest BCUT2D eigenvalue weighted by Gasteiger charge is 2.40. The van der Waals surface area contributed by atoms with Crippen LogP contribution in [0, 0.1) is 0 Å². The number of nitrogens with zero attached hydrogens (tertiary/aromatic N) is 1. The maximum atomic E-state index is 11.9. The van der Waals surface area contributed by atoms with Gasteiger partial charge in [0.25, 0.3) is 0 Å². The van der Waals surface area contributed by atoms with Crippen LogP contribution in [0.3, 0.4) is 0 Å². The van der Waals surface area contributed by atoms with Crippen LogP contribution in [0.5, 0.6) is 0 Å². The van der Waals surface area contributed by atoms with Crippen molar-refractivity contribution in [3.63, 3.8) is 0 Å². The minimum absolute atomic E-state index is 0.0287. The smallest absolute Gasteiger partial charge is 0.239 e. The van der Waals surface area contributed by atoms with Crippen LogP contribution in [0.2, 0.25) is 0 Å². The summed E-state index contributed by atoms with van der Waals surface area (Å²) in [5, 5.41) is 2.83. The summed E-state index contributed by atoms with van der Waals surface area (Å²) in [6.07, 6.45) is 2.33. The first-order valence-corrected chi connectivity index (χ1v) is 5.44. The van der Waals surface area contributed by atoms with E-state index in [1.807, 2.05) is 4.90 Å². The van der Waals surface area contributed by atoms with Crippen molar-refractivity contribution >= 4 is 11.8 Å². The minimum Gasteiger partial charge on any atom is -0.354 e. The van der Waals surface area contributed by atoms with Crippen molar-refractivity contribution in [3.8, 4) is 0 Å². The topological polar surface area (TPSA) is 75.4 Å². The van der Waals surface area contributed by atoms with Crippen LogP contribution in [0.15, 0.2) is 0 Å². The lowest BCUT2D eigenvalue weighted by molar-refractivity contribution is -0.134. The molecule has 2 aliphatic rings. The van der Waals surface area contributed by atoms with Crippen LogP contribution in [0.25, 0.3) is 0 Å². The Bertz CT molecular complexity index is 290. The summed E-state index contributed by atoms with van der Waals surface area (Å²) >= 11 is 0. The zero-order chi connectivity index (χ0) is 11.0. The van der Waals surface area contributed by atoms with E-state index in [1.165, 1.54) is 0 Å². The molecule has 2 heterocycles. The second-order valence-corrected chi connectivity index (χ2v) is 4.43. The molecule has 5 heteroatoms. The van der Waals surface area contributed by atoms with Crippen molar-refractivity contribution in [2.24, 2.45) is 5.73 Å². The molecule has 0 aromatic carbocycles. The maximum absolute atomic E-state index is 11.9. The molecular weight excluding hydrogens is 194 g/mol. The highest BCUT2D eigenvalue weighted by Crippen LogP contribution is 2.28. The molecule has 84 valence electrons. The second kappa shape index (κ2) is 3.81. The number of nitrogens with two attached hydrogens (primary N) is 1. The van der Waals surface area contributed by atoms with Gasteiger partial charge in [-0.25, -0.2) is 0 Å². The lowest BCUT2D eigenvalue weighted by Crippen LogP contribution is -2.49. The van der Waals surface area contributed by atoms with Gasteiger partial charge in [-0.2, -0.15) is 0 Å². The van der Waals surface area contributed by atoms with Gasteiger partial charge >= 0.3 is 0 Å². The van der Waals surface area contributed by atoms with E-state index in [9.17, 15) is 9.59 Å². The molecule has 0 spiro atoms. The highest BCUT2D eigenvalue weighted by molar-refractivity contribution is 5.84. The standard InChI is InChI=1S/C10H17N3O2/c1-6(11)10(15)13-7-2-3-8(13)5-12-9(14)4-7/h6-8H,2-5,11H2,1H3,(H,12,14)/t6-,7?,8?/m1/s1. The van der Waals surface area contributed by atoms with Gasteiger partial charge in [0, 0.05) is 25.0 Å². The third kappa shape index (κ3) is 1.84. The van der Waals surface area contributed by atoms with E-state index < -0.39 is 6.04 Å². The Morgan fingerprint density at radius 1 is 1.53 bits per heavy atom. The summed E-state index contributed by atoms with van der Waals surface area (Å²) < 4.78 is 0. The fourth-order valence-electron chi connectivity index (χ4n) is 2.47. The molecule has 0 aromatic rings. The van der Waals surface area contributed by atoms with Gasteiger partial charge in [0.1, 0.15) is 0 Å². The van der Waals surface area contributed by atoms with Gasteiger partial charge < -0.3 is 16.0 Å². The SMILES string of the molecule is C[C@@H](N)C(=O)N1C2CCC1CC(=O)NC2. The van der Waals surface area contributed by atoms with Crippen molar-refractivity contribution in [2.75, 3.05) is 6.54 Å². The first kappa shape index (κ1) is 10.4. The normalized spacial score (nSPS) is 32.1. The summed E-state index contributed by atoms with van der Waals surface area (Å²) in [5.74, 6) is 0.0173. The number of hydrogen-bond acceptors (Lipinski definition) is 3. The van der Waals surface area contributed by atoms with Crippen molar-refractivity contribution in [2.45, 2.75) is 44.3 Å². The monoisotopic (exact) mass is 211 g/mol. The number of amides is 2. The number of nitrogens with one attached hydrogen (secondary N) is 1. The molecule has 0 saturated carbocycles. The van der Waals surface area contributed by atoms with Crippen molar-refractivity contribution in [3.05, 3.63) is 0 Å². The third-order valence-corrected chi connectivity index (χ3v) is 3.22. The van der Waals surface area contributed by atoms with E-state index in [0.717, 1.165) is 12.8 Å². The molecule has 0 radical (unpaired) electrons. The molecule has 2 fully saturated rings. The Hall–Kier alpha value is -1.10. The zero-order valence-corrected chi connectivity index (χ0v) is 8.90. The molecule has 2 amide bonds. The summed E-state index contributed by atoms with van der Waals surface area (Å²) in [6.45, 7) is 2.27. The van der Waals surface area contributed by atoms with Crippen molar-refractivity contribution in [1.29, 1.82) is 0 Å². The van der Waals surface area contributed by atoms with E-state index in [2.05, 4.69) is 5.32 Å². The average molecular weight is 211 g/mol. The lowest BCUT2D eigenvalue weighted by atomic mass is 10.1. The van der Waals surface area contributed by atoms with E-state index in [1.54, 1.807) is 6.92 Å². The molecule has 0 aliphatic carbocycles. The Kier molecular flexibility index (Phi) is 2.65. The van der Waals surface area contributed by atoms with Gasteiger partial charge in [0.05, 0.1) is 6.04 Å². The van der Waals surface area contributed by atoms with E-state index in [0.29, 0.717) is 13.0 Å². The van der Waals surface area contributed by atoms with Gasteiger partial charge in [-0.05, 0) is 19.8 Å². The minimum atomic E-state index is -0.471. The Labute approximate surface area is 89.0 Å². The lowest BCUT2D eigenvalue weighted by Gasteiger charge is -2.28. The zero-order valence-electron chi connectivity index (χ0n) is 8.90. The molecular formula is C10H17N3O2. The molecule has 3 N–H and O–H groups in total. The molecule has 3 atom stereocenters. The fourth-order valence-corrected chi connectivity index (χ4v) is 2.47. The number of carbonyl (C=O) groups excluding carboxylic acids is 2. The third-order valence-electron chi connectivity index (χ3n) is 3.22. The molecule has 15 heavy (non-hydrogen) atoms. The fraction of sp³-hybridized carbons (Fsp3) is 0.800. The van der Waals surface area contributed by atoms with E-state index >= 15 is 0 Å². The first-order chi connectivity index (χ1) is 7.09. The summed E-state index contributed by atoms with van der Waals surface area (Å²) in [4.78, 5) is 25.0. The molecule has 2 bridgehead atoms. The van der Waals surface area contributed by atoms with Crippen LogP contribution in [-0.2, 0) is 9.59 Å². The van der Waals surface area contributed by atoms with Crippen LogP contribution in [0.4, 0.5) is 0 Å². The molecule has 2 saturated heterocycles. The summed E-state index contributed by atoms with van der Waals surface area (Å²) in [5.41, 5.74) is 5.61. The maximum Gasteiger partial charge on any atom is 0.239 e. The largest absolute Gasteiger partial charge is 0.354 e. The Morgan fingerprint density at radius 2 is 2.20 bits per heavy atom. The van der Waals surface area contributed by atoms with Gasteiger partial charge in [-0.1, -0.05) is 0 Å². The van der Waals surface area contributed by atoms with Crippen molar-refractivity contribution in [1.82, 2.24) is 10.2 Å². The quantitative estimate of drug-likeness (QED) is 0.597. The molecule has 2 rings (SSSR count). The number of fused-ring (bicyclic) bond motifs is 2. The predicted octanol–water partition coefficient (Wildman–Crippen LogP) is -0.787. The predicted molar refractivity (Wildman–Crippen MR) is 54.9 cm³/mol. The van der Waals surface area contributed by atoms with Crippen LogP contribution in [0.1, 0.15) is 26.2 Å². The van der Waals surface area contributed by atoms with Crippen LogP contribution >= 0.6 is 0 Å². The molecule has 2 unspecified atom stereocenters. The molecule has 5 nitrogen and oxygen atoms in total. The number of rotatable bonds is 1. The van der Waals surface area contributed by atoms with Crippen molar-refractivity contribution < 1.29 is 9.59 Å². The Morgan fingerprint density at radius 3 is 2.87 bits per heavy atom. The van der Waals surface area contributed by atoms with E-state index in [4.69, 9.17) is 5.73 Å². The van der Waals surface area contributed by atoms with Gasteiger partial charge in [0.15, 0.2) is 0 Å². The summed E-state index contributed by atoms with van der Waals surface area (Å²) in [6, 6.07) is -0.253. The average Bonchev–Trinajstić information content (AvgIpc) is 2.47. The molecule has 2 aliphatic heterocycles. The van der Waals surface area contributed by atoms with E-state index in [-0.39, 0.29) is 23.9 Å². The second-order valence-electron chi connectivity index (χ2n) is 4.43. The molecule has 0 aromatic heterocycles. The van der Waals surface area contributed by atoms with Gasteiger partial charge in [0.2, 0.25) is 11.8 Å². The van der Waals surface area contributed by atoms with Crippen LogP contribution < -0.4 is 11.1 Å². The van der Waals surface area contributed by atoms with Gasteiger partial charge in [-0.3, -0.25) is 9.59 Å². The Balaban J connectivity index is 2.17. The van der Waals surface area contributed by atoms with Gasteiger partial charge in [-0.15, -0.1) is 0 Å².